The van der Waals surface area contributed by atoms with Gasteiger partial charge in [0.1, 0.15) is 48.8 Å². The van der Waals surface area contributed by atoms with E-state index in [2.05, 4.69) is 19.2 Å². The van der Waals surface area contributed by atoms with Crippen LogP contribution in [0.15, 0.2) is 0 Å². The number of aliphatic hydroxyl groups excluding tert-OH is 9. The number of hydrogen-bond acceptors (Lipinski definition) is 12. The van der Waals surface area contributed by atoms with E-state index < -0.39 is 86.4 Å². The number of rotatable bonds is 44. The van der Waals surface area contributed by atoms with Gasteiger partial charge in [-0.25, -0.2) is 0 Å². The Morgan fingerprint density at radius 3 is 1.24 bits per heavy atom. The summed E-state index contributed by atoms with van der Waals surface area (Å²) in [7, 11) is 0. The molecule has 0 radical (unpaired) electrons. The van der Waals surface area contributed by atoms with E-state index in [9.17, 15) is 50.8 Å². The van der Waals surface area contributed by atoms with Crippen LogP contribution in [0.1, 0.15) is 232 Å². The zero-order valence-corrected chi connectivity index (χ0v) is 40.1. The number of aliphatic hydroxyl groups is 9. The Morgan fingerprint density at radius 2 is 0.857 bits per heavy atom. The van der Waals surface area contributed by atoms with Crippen LogP contribution in [0.3, 0.4) is 0 Å². The SMILES string of the molecule is CCCCCCCCCCCCCCCCCCCCCCCC[C@@H](O)C(=O)N[C@@H](CO[C@H]1O[C@H](CO)[C@H](O)[C@H](O)[C@H]1O)[C@H](O)[C@H](O)[C@@H](O)[C@@H](O)CCCCCCCCCCCC. The zero-order chi connectivity index (χ0) is 46.5. The summed E-state index contributed by atoms with van der Waals surface area (Å²) < 4.78 is 11.0. The Labute approximate surface area is 383 Å². The molecule has 0 aliphatic carbocycles. The van der Waals surface area contributed by atoms with Gasteiger partial charge in [-0.05, 0) is 12.8 Å². The van der Waals surface area contributed by atoms with Crippen molar-refractivity contribution in [1.29, 1.82) is 0 Å². The largest absolute Gasteiger partial charge is 0.394 e. The lowest BCUT2D eigenvalue weighted by atomic mass is 9.94. The summed E-state index contributed by atoms with van der Waals surface area (Å²) >= 11 is 0. The van der Waals surface area contributed by atoms with Crippen molar-refractivity contribution in [3.8, 4) is 0 Å². The number of carbonyl (C=O) groups is 1. The van der Waals surface area contributed by atoms with Gasteiger partial charge in [0.05, 0.1) is 25.4 Å². The topological polar surface area (TPSA) is 230 Å². The number of carbonyl (C=O) groups excluding carboxylic acids is 1. The van der Waals surface area contributed by atoms with Crippen LogP contribution in [0.25, 0.3) is 0 Å². The first-order chi connectivity index (χ1) is 30.5. The maximum absolute atomic E-state index is 13.1. The first-order valence-electron chi connectivity index (χ1n) is 26.1. The van der Waals surface area contributed by atoms with Gasteiger partial charge in [0, 0.05) is 0 Å². The Kier molecular flexibility index (Phi) is 38.2. The summed E-state index contributed by atoms with van der Waals surface area (Å²) in [5.41, 5.74) is 0. The van der Waals surface area contributed by atoms with Crippen molar-refractivity contribution in [3.63, 3.8) is 0 Å². The van der Waals surface area contributed by atoms with Gasteiger partial charge < -0.3 is 60.7 Å². The molecule has 1 saturated heterocycles. The predicted molar refractivity (Wildman–Crippen MR) is 250 cm³/mol. The second-order valence-electron chi connectivity index (χ2n) is 18.9. The fourth-order valence-corrected chi connectivity index (χ4v) is 8.67. The molecule has 0 unspecified atom stereocenters. The van der Waals surface area contributed by atoms with Crippen molar-refractivity contribution in [2.75, 3.05) is 13.2 Å². The predicted octanol–water partition coefficient (Wildman–Crippen LogP) is 7.40. The molecule has 13 heteroatoms. The Balaban J connectivity index is 2.43. The number of ether oxygens (including phenoxy) is 2. The fraction of sp³-hybridized carbons (Fsp3) is 0.980. The second-order valence-corrected chi connectivity index (χ2v) is 18.9. The van der Waals surface area contributed by atoms with Crippen molar-refractivity contribution >= 4 is 5.91 Å². The van der Waals surface area contributed by atoms with Gasteiger partial charge in [-0.15, -0.1) is 0 Å². The van der Waals surface area contributed by atoms with Gasteiger partial charge in [0.25, 0.3) is 0 Å². The monoisotopic (exact) mass is 906 g/mol. The van der Waals surface area contributed by atoms with Crippen molar-refractivity contribution in [2.24, 2.45) is 0 Å². The molecule has 10 N–H and O–H groups in total. The maximum Gasteiger partial charge on any atom is 0.249 e. The summed E-state index contributed by atoms with van der Waals surface area (Å²) in [6.45, 7) is 3.15. The van der Waals surface area contributed by atoms with Crippen molar-refractivity contribution in [1.82, 2.24) is 5.32 Å². The van der Waals surface area contributed by atoms with Crippen LogP contribution in [-0.4, -0.2) is 132 Å². The highest BCUT2D eigenvalue weighted by atomic mass is 16.7. The van der Waals surface area contributed by atoms with Crippen molar-refractivity contribution in [3.05, 3.63) is 0 Å². The van der Waals surface area contributed by atoms with E-state index in [0.29, 0.717) is 12.8 Å². The first-order valence-corrected chi connectivity index (χ1v) is 26.1. The molecule has 13 nitrogen and oxygen atoms in total. The normalized spacial score (nSPS) is 22.1. The van der Waals surface area contributed by atoms with Crippen LogP contribution in [0.2, 0.25) is 0 Å². The van der Waals surface area contributed by atoms with E-state index in [-0.39, 0.29) is 12.8 Å². The van der Waals surface area contributed by atoms with E-state index in [1.165, 1.54) is 141 Å². The molecule has 376 valence electrons. The zero-order valence-electron chi connectivity index (χ0n) is 40.1. The molecule has 1 aliphatic heterocycles. The average Bonchev–Trinajstić information content (AvgIpc) is 3.28. The summed E-state index contributed by atoms with van der Waals surface area (Å²) in [6.07, 6.45) is 22.7. The molecule has 1 fully saturated rings. The second kappa shape index (κ2) is 40.1. The summed E-state index contributed by atoms with van der Waals surface area (Å²) in [5.74, 6) is -0.840. The maximum atomic E-state index is 13.1. The first kappa shape index (κ1) is 60.0. The van der Waals surface area contributed by atoms with Gasteiger partial charge in [0.15, 0.2) is 6.29 Å². The minimum Gasteiger partial charge on any atom is -0.394 e. The highest BCUT2D eigenvalue weighted by Crippen LogP contribution is 2.24. The van der Waals surface area contributed by atoms with Crippen LogP contribution in [0.4, 0.5) is 0 Å². The Bertz CT molecular complexity index is 1030. The van der Waals surface area contributed by atoms with E-state index in [0.717, 1.165) is 51.4 Å². The Hall–Kier alpha value is -0.970. The summed E-state index contributed by atoms with van der Waals surface area (Å²) in [6, 6.07) is -1.46. The van der Waals surface area contributed by atoms with Crippen LogP contribution in [-0.2, 0) is 14.3 Å². The fourth-order valence-electron chi connectivity index (χ4n) is 8.67. The molecule has 0 aromatic rings. The lowest BCUT2D eigenvalue weighted by Gasteiger charge is -2.40. The minimum atomic E-state index is -1.93. The molecule has 0 spiro atoms. The van der Waals surface area contributed by atoms with E-state index in [1.54, 1.807) is 0 Å². The van der Waals surface area contributed by atoms with Crippen molar-refractivity contribution in [2.45, 2.75) is 299 Å². The molecule has 0 bridgehead atoms. The smallest absolute Gasteiger partial charge is 0.249 e. The van der Waals surface area contributed by atoms with Crippen LogP contribution in [0, 0.1) is 0 Å². The molecule has 11 atom stereocenters. The number of hydrogen-bond donors (Lipinski definition) is 10. The standard InChI is InChI=1S/C50H99NO12/c1-3-5-7-9-11-13-15-16-17-18-19-20-21-22-23-24-25-26-28-30-32-34-36-41(54)49(61)51-39(38-62-50-48(60)47(59)45(57)42(37-52)63-50)43(55)46(58)44(56)40(53)35-33-31-29-27-14-12-10-8-6-4-2/h39-48,50,52-60H,3-38H2,1-2H3,(H,51,61)/t39-,40-,41+,42+,43-,44-,45-,46-,47-,48+,50-/m0/s1. The third-order valence-electron chi connectivity index (χ3n) is 13.1. The van der Waals surface area contributed by atoms with Crippen molar-refractivity contribution < 1.29 is 60.2 Å². The third-order valence-corrected chi connectivity index (χ3v) is 13.1. The van der Waals surface area contributed by atoms with Crippen LogP contribution < -0.4 is 5.32 Å². The highest BCUT2D eigenvalue weighted by molar-refractivity contribution is 5.80. The van der Waals surface area contributed by atoms with Gasteiger partial charge in [0.2, 0.25) is 5.91 Å². The minimum absolute atomic E-state index is 0.171. The molecule has 0 aromatic carbocycles. The van der Waals surface area contributed by atoms with E-state index in [1.807, 2.05) is 0 Å². The molecule has 1 aliphatic rings. The van der Waals surface area contributed by atoms with Gasteiger partial charge >= 0.3 is 0 Å². The summed E-state index contributed by atoms with van der Waals surface area (Å²) in [5, 5.41) is 97.2. The molecular weight excluding hydrogens is 807 g/mol. The summed E-state index contributed by atoms with van der Waals surface area (Å²) in [4.78, 5) is 13.1. The quantitative estimate of drug-likeness (QED) is 0.0270. The number of amides is 1. The van der Waals surface area contributed by atoms with Gasteiger partial charge in [-0.3, -0.25) is 4.79 Å². The lowest BCUT2D eigenvalue weighted by Crippen LogP contribution is -2.61. The van der Waals surface area contributed by atoms with Gasteiger partial charge in [-0.2, -0.15) is 0 Å². The third kappa shape index (κ3) is 28.7. The van der Waals surface area contributed by atoms with E-state index >= 15 is 0 Å². The lowest BCUT2D eigenvalue weighted by molar-refractivity contribution is -0.303. The number of nitrogens with one attached hydrogen (secondary N) is 1. The molecule has 0 saturated carbocycles. The molecule has 63 heavy (non-hydrogen) atoms. The van der Waals surface area contributed by atoms with Crippen LogP contribution in [0.5, 0.6) is 0 Å². The number of unbranched alkanes of at least 4 members (excludes halogenated alkanes) is 30. The molecule has 1 amide bonds. The van der Waals surface area contributed by atoms with Gasteiger partial charge in [-0.1, -0.05) is 219 Å². The molecule has 1 rings (SSSR count). The molecular formula is C50H99NO12. The average molecular weight is 906 g/mol. The van der Waals surface area contributed by atoms with E-state index in [4.69, 9.17) is 9.47 Å². The molecule has 0 aromatic heterocycles. The van der Waals surface area contributed by atoms with Crippen LogP contribution >= 0.6 is 0 Å². The Morgan fingerprint density at radius 1 is 0.492 bits per heavy atom. The highest BCUT2D eigenvalue weighted by Gasteiger charge is 2.45. The molecule has 1 heterocycles.